The largest absolute Gasteiger partial charge is 0.193 e. The van der Waals surface area contributed by atoms with E-state index in [2.05, 4.69) is 35.7 Å². The maximum Gasteiger partial charge on any atom is 0.0918 e. The molecule has 0 saturated carbocycles. The second-order valence-electron chi connectivity index (χ2n) is 3.75. The Balaban J connectivity index is 2.28. The van der Waals surface area contributed by atoms with Crippen LogP contribution in [0, 0.1) is 11.3 Å². The standard InChI is InChI=1S/C14H9NS2/c15-7-5-12-11-4-2-1-3-10(11)9-17-14-13(12)6-8-16-14/h1-6,8H,9H2/b12-5+. The van der Waals surface area contributed by atoms with Gasteiger partial charge in [-0.15, -0.1) is 23.1 Å². The van der Waals surface area contributed by atoms with Gasteiger partial charge < -0.3 is 0 Å². The molecule has 1 aromatic heterocycles. The van der Waals surface area contributed by atoms with E-state index in [1.54, 1.807) is 17.4 Å². The maximum atomic E-state index is 8.97. The van der Waals surface area contributed by atoms with E-state index >= 15 is 0 Å². The molecule has 0 N–H and O–H groups in total. The number of nitriles is 1. The highest BCUT2D eigenvalue weighted by molar-refractivity contribution is 8.00. The summed E-state index contributed by atoms with van der Waals surface area (Å²) in [4.78, 5) is 0. The number of nitrogens with zero attached hydrogens (tertiary/aromatic N) is 1. The number of fused-ring (bicyclic) bond motifs is 2. The van der Waals surface area contributed by atoms with Crippen LogP contribution in [0.2, 0.25) is 0 Å². The monoisotopic (exact) mass is 255 g/mol. The van der Waals surface area contributed by atoms with E-state index in [4.69, 9.17) is 5.26 Å². The second kappa shape index (κ2) is 4.40. The predicted molar refractivity (Wildman–Crippen MR) is 73.0 cm³/mol. The molecule has 1 nitrogen and oxygen atoms in total. The fraction of sp³-hybridized carbons (Fsp3) is 0.0714. The summed E-state index contributed by atoms with van der Waals surface area (Å²) >= 11 is 3.61. The van der Waals surface area contributed by atoms with Crippen molar-refractivity contribution in [1.82, 2.24) is 0 Å². The fourth-order valence-corrected chi connectivity index (χ4v) is 4.14. The van der Waals surface area contributed by atoms with Gasteiger partial charge in [0.2, 0.25) is 0 Å². The Morgan fingerprint density at radius 3 is 2.94 bits per heavy atom. The van der Waals surface area contributed by atoms with Crippen LogP contribution in [0.5, 0.6) is 0 Å². The molecule has 0 spiro atoms. The molecule has 0 amide bonds. The van der Waals surface area contributed by atoms with E-state index in [-0.39, 0.29) is 0 Å². The van der Waals surface area contributed by atoms with Crippen LogP contribution in [0.15, 0.2) is 46.0 Å². The Bertz CT molecular complexity index is 632. The third-order valence-electron chi connectivity index (χ3n) is 2.80. The molecule has 3 heteroatoms. The molecule has 1 aliphatic heterocycles. The van der Waals surface area contributed by atoms with Crippen LogP contribution in [0.1, 0.15) is 16.7 Å². The van der Waals surface area contributed by atoms with Crippen LogP contribution in [0.25, 0.3) is 5.57 Å². The van der Waals surface area contributed by atoms with E-state index in [1.165, 1.54) is 20.9 Å². The highest BCUT2D eigenvalue weighted by Crippen LogP contribution is 2.42. The summed E-state index contributed by atoms with van der Waals surface area (Å²) in [6, 6.07) is 12.6. The number of thiophene rings is 1. The SMILES string of the molecule is N#C/C=C1\c2ccccc2CSc2sccc21. The van der Waals surface area contributed by atoms with Gasteiger partial charge in [-0.2, -0.15) is 5.26 Å². The van der Waals surface area contributed by atoms with Crippen molar-refractivity contribution in [2.24, 2.45) is 0 Å². The van der Waals surface area contributed by atoms with E-state index in [9.17, 15) is 0 Å². The van der Waals surface area contributed by atoms with Gasteiger partial charge in [-0.1, -0.05) is 24.3 Å². The van der Waals surface area contributed by atoms with Crippen LogP contribution in [0.3, 0.4) is 0 Å². The minimum Gasteiger partial charge on any atom is -0.193 e. The van der Waals surface area contributed by atoms with Crippen molar-refractivity contribution in [3.05, 3.63) is 58.5 Å². The topological polar surface area (TPSA) is 23.8 Å². The van der Waals surface area contributed by atoms with Crippen LogP contribution in [-0.4, -0.2) is 0 Å². The molecule has 0 fully saturated rings. The van der Waals surface area contributed by atoms with Gasteiger partial charge >= 0.3 is 0 Å². The zero-order valence-electron chi connectivity index (χ0n) is 9.01. The summed E-state index contributed by atoms with van der Waals surface area (Å²) in [6.45, 7) is 0. The zero-order chi connectivity index (χ0) is 11.7. The van der Waals surface area contributed by atoms with Crippen molar-refractivity contribution in [1.29, 1.82) is 5.26 Å². The highest BCUT2D eigenvalue weighted by atomic mass is 32.2. The third kappa shape index (κ3) is 1.80. The van der Waals surface area contributed by atoms with Gasteiger partial charge in [0.25, 0.3) is 0 Å². The summed E-state index contributed by atoms with van der Waals surface area (Å²) < 4.78 is 1.31. The Labute approximate surface area is 108 Å². The summed E-state index contributed by atoms with van der Waals surface area (Å²) in [5, 5.41) is 11.1. The number of allylic oxidation sites excluding steroid dienone is 1. The molecule has 17 heavy (non-hydrogen) atoms. The van der Waals surface area contributed by atoms with Crippen molar-refractivity contribution in [3.8, 4) is 6.07 Å². The molecule has 1 aromatic carbocycles. The van der Waals surface area contributed by atoms with E-state index in [0.29, 0.717) is 0 Å². The first-order valence-corrected chi connectivity index (χ1v) is 7.15. The van der Waals surface area contributed by atoms with Gasteiger partial charge in [0.1, 0.15) is 0 Å². The molecular formula is C14H9NS2. The van der Waals surface area contributed by atoms with Crippen molar-refractivity contribution in [2.75, 3.05) is 0 Å². The zero-order valence-corrected chi connectivity index (χ0v) is 10.6. The predicted octanol–water partition coefficient (Wildman–Crippen LogP) is 4.31. The molecule has 0 radical (unpaired) electrons. The quantitative estimate of drug-likeness (QED) is 0.655. The molecule has 2 heterocycles. The third-order valence-corrected chi connectivity index (χ3v) is 5.08. The smallest absolute Gasteiger partial charge is 0.0918 e. The number of hydrogen-bond donors (Lipinski definition) is 0. The average molecular weight is 255 g/mol. The molecule has 1 aliphatic rings. The van der Waals surface area contributed by atoms with Crippen molar-refractivity contribution >= 4 is 28.7 Å². The molecule has 0 bridgehead atoms. The minimum absolute atomic E-state index is 0.979. The Morgan fingerprint density at radius 1 is 1.18 bits per heavy atom. The lowest BCUT2D eigenvalue weighted by atomic mass is 9.96. The summed E-state index contributed by atoms with van der Waals surface area (Å²) in [6.07, 6.45) is 1.66. The lowest BCUT2D eigenvalue weighted by Crippen LogP contribution is -1.90. The van der Waals surface area contributed by atoms with E-state index in [1.807, 2.05) is 17.8 Å². The Kier molecular flexibility index (Phi) is 2.76. The lowest BCUT2D eigenvalue weighted by Gasteiger charge is -2.07. The first-order chi connectivity index (χ1) is 8.40. The molecule has 0 saturated heterocycles. The number of thioether (sulfide) groups is 1. The average Bonchev–Trinajstić information content (AvgIpc) is 2.77. The van der Waals surface area contributed by atoms with Crippen LogP contribution >= 0.6 is 23.1 Å². The molecule has 0 unspecified atom stereocenters. The maximum absolute atomic E-state index is 8.97. The van der Waals surface area contributed by atoms with Gasteiger partial charge in [-0.25, -0.2) is 0 Å². The normalized spacial score (nSPS) is 15.8. The Morgan fingerprint density at radius 2 is 2.06 bits per heavy atom. The molecule has 82 valence electrons. The summed E-state index contributed by atoms with van der Waals surface area (Å²) in [5.74, 6) is 0.979. The molecule has 0 atom stereocenters. The summed E-state index contributed by atoms with van der Waals surface area (Å²) in [7, 11) is 0. The lowest BCUT2D eigenvalue weighted by molar-refractivity contribution is 1.39. The van der Waals surface area contributed by atoms with Gasteiger partial charge in [-0.05, 0) is 22.6 Å². The van der Waals surface area contributed by atoms with Crippen molar-refractivity contribution < 1.29 is 0 Å². The number of hydrogen-bond acceptors (Lipinski definition) is 3. The van der Waals surface area contributed by atoms with Crippen LogP contribution in [-0.2, 0) is 5.75 Å². The fourth-order valence-electron chi connectivity index (χ4n) is 2.02. The van der Waals surface area contributed by atoms with Gasteiger partial charge in [-0.3, -0.25) is 0 Å². The van der Waals surface area contributed by atoms with E-state index < -0.39 is 0 Å². The van der Waals surface area contributed by atoms with Gasteiger partial charge in [0.05, 0.1) is 10.3 Å². The summed E-state index contributed by atoms with van der Waals surface area (Å²) in [5.41, 5.74) is 4.76. The highest BCUT2D eigenvalue weighted by Gasteiger charge is 2.18. The molecule has 0 aliphatic carbocycles. The van der Waals surface area contributed by atoms with Gasteiger partial charge in [0.15, 0.2) is 0 Å². The van der Waals surface area contributed by atoms with E-state index in [0.717, 1.165) is 11.3 Å². The number of rotatable bonds is 0. The minimum atomic E-state index is 0.979. The number of benzene rings is 1. The second-order valence-corrected chi connectivity index (χ2v) is 5.91. The molecular weight excluding hydrogens is 246 g/mol. The van der Waals surface area contributed by atoms with Crippen molar-refractivity contribution in [2.45, 2.75) is 9.96 Å². The van der Waals surface area contributed by atoms with Crippen molar-refractivity contribution in [3.63, 3.8) is 0 Å². The molecule has 3 rings (SSSR count). The first kappa shape index (κ1) is 10.6. The van der Waals surface area contributed by atoms with Crippen LogP contribution < -0.4 is 0 Å². The van der Waals surface area contributed by atoms with Gasteiger partial charge in [0, 0.05) is 23.0 Å². The first-order valence-electron chi connectivity index (χ1n) is 5.29. The Hall–Kier alpha value is -1.50. The van der Waals surface area contributed by atoms with Crippen LogP contribution in [0.4, 0.5) is 0 Å². The molecule has 2 aromatic rings.